The monoisotopic (exact) mass is 900 g/mol. The lowest BCUT2D eigenvalue weighted by atomic mass is 10.0. The molecule has 0 aliphatic rings. The fourth-order valence-electron chi connectivity index (χ4n) is 7.89. The van der Waals surface area contributed by atoms with E-state index in [0.29, 0.717) is 12.8 Å². The molecule has 0 heterocycles. The van der Waals surface area contributed by atoms with Crippen LogP contribution in [0.5, 0.6) is 0 Å². The van der Waals surface area contributed by atoms with Crippen LogP contribution in [-0.4, -0.2) is 34.9 Å². The molecule has 0 saturated carbocycles. The van der Waals surface area contributed by atoms with E-state index >= 15 is 0 Å². The van der Waals surface area contributed by atoms with Crippen molar-refractivity contribution >= 4 is 5.91 Å². The van der Waals surface area contributed by atoms with Crippen LogP contribution in [0.4, 0.5) is 0 Å². The minimum atomic E-state index is -0.693. The molecule has 0 aromatic carbocycles. The number of unbranched alkanes of at least 4 members (excludes halogenated alkanes) is 24. The van der Waals surface area contributed by atoms with Gasteiger partial charge in [0.05, 0.1) is 18.8 Å². The number of carbonyl (C=O) groups excluding carboxylic acids is 1. The van der Waals surface area contributed by atoms with Crippen LogP contribution in [0.15, 0.2) is 109 Å². The maximum Gasteiger partial charge on any atom is 0.220 e. The molecule has 0 radical (unpaired) electrons. The molecule has 0 bridgehead atoms. The van der Waals surface area contributed by atoms with Gasteiger partial charge in [-0.3, -0.25) is 4.79 Å². The predicted octanol–water partition coefficient (Wildman–Crippen LogP) is 18.3. The number of rotatable bonds is 49. The Morgan fingerprint density at radius 3 is 0.954 bits per heavy atom. The summed E-state index contributed by atoms with van der Waals surface area (Å²) in [6, 6.07) is -0.576. The predicted molar refractivity (Wildman–Crippen MR) is 289 cm³/mol. The first-order chi connectivity index (χ1) is 32.2. The Morgan fingerprint density at radius 2 is 0.662 bits per heavy atom. The third-order valence-corrected chi connectivity index (χ3v) is 12.0. The first kappa shape index (κ1) is 62.1. The second-order valence-electron chi connectivity index (χ2n) is 18.3. The smallest absolute Gasteiger partial charge is 0.220 e. The van der Waals surface area contributed by atoms with Gasteiger partial charge in [0.15, 0.2) is 0 Å². The lowest BCUT2D eigenvalue weighted by molar-refractivity contribution is -0.123. The van der Waals surface area contributed by atoms with Crippen LogP contribution in [0.3, 0.4) is 0 Å². The van der Waals surface area contributed by atoms with Gasteiger partial charge in [0.2, 0.25) is 5.91 Å². The molecule has 0 aromatic heterocycles. The van der Waals surface area contributed by atoms with Crippen molar-refractivity contribution in [1.29, 1.82) is 0 Å². The van der Waals surface area contributed by atoms with Gasteiger partial charge in [-0.25, -0.2) is 0 Å². The van der Waals surface area contributed by atoms with Crippen molar-refractivity contribution in [2.45, 2.75) is 264 Å². The van der Waals surface area contributed by atoms with Crippen molar-refractivity contribution in [3.8, 4) is 0 Å². The summed E-state index contributed by atoms with van der Waals surface area (Å²) in [5.74, 6) is -0.0909. The van der Waals surface area contributed by atoms with Crippen molar-refractivity contribution in [3.63, 3.8) is 0 Å². The SMILES string of the molecule is CC/C=C\C/C=C\C/C=C\C/C=C\C/C=C\C/C=C\C/C=C\C/C=C\C/C=C\CCCC(=O)NC(CO)C(O)CCCCCCCCCCCCCCCCCCCCCCCCCC. The Bertz CT molecular complexity index is 1250. The lowest BCUT2D eigenvalue weighted by Crippen LogP contribution is -2.45. The zero-order chi connectivity index (χ0) is 47.0. The van der Waals surface area contributed by atoms with E-state index in [1.807, 2.05) is 0 Å². The second kappa shape index (κ2) is 55.4. The summed E-state index contributed by atoms with van der Waals surface area (Å²) in [6.45, 7) is 4.23. The van der Waals surface area contributed by atoms with Crippen molar-refractivity contribution in [1.82, 2.24) is 5.32 Å². The quantitative estimate of drug-likeness (QED) is 0.0421. The van der Waals surface area contributed by atoms with Gasteiger partial charge in [-0.1, -0.05) is 277 Å². The number of allylic oxidation sites excluding steroid dienone is 18. The van der Waals surface area contributed by atoms with Crippen molar-refractivity contribution in [2.24, 2.45) is 0 Å². The van der Waals surface area contributed by atoms with Crippen LogP contribution in [-0.2, 0) is 4.79 Å². The summed E-state index contributed by atoms with van der Waals surface area (Å²) in [5.41, 5.74) is 0. The maximum atomic E-state index is 12.5. The largest absolute Gasteiger partial charge is 0.394 e. The zero-order valence-corrected chi connectivity index (χ0v) is 42.7. The Kier molecular flexibility index (Phi) is 52.9. The Labute approximate surface area is 404 Å². The maximum absolute atomic E-state index is 12.5. The standard InChI is InChI=1S/C61H105NO3/c1-3-5-7-9-11-13-15-17-19-21-23-25-27-29-30-31-32-33-35-37-39-41-43-45-47-49-51-53-55-57-61(65)62-59(58-63)60(64)56-54-52-50-48-46-44-42-40-38-36-34-28-26-24-22-20-18-16-14-12-10-8-6-4-2/h5,7,11,13,17,19,23,25,29-30,32-33,37,39,43,45,49,51,59-60,63-64H,3-4,6,8-10,12,14-16,18,20-22,24,26-28,31,34-36,38,40-42,44,46-48,50,52-58H2,1-2H3,(H,62,65)/b7-5-,13-11-,19-17-,25-23-,30-29-,33-32-,39-37-,45-43-,51-49-. The van der Waals surface area contributed by atoms with E-state index < -0.39 is 12.1 Å². The molecule has 0 aliphatic heterocycles. The molecule has 0 rings (SSSR count). The molecule has 0 spiro atoms. The first-order valence-electron chi connectivity index (χ1n) is 27.6. The Hall–Kier alpha value is -2.95. The van der Waals surface area contributed by atoms with Gasteiger partial charge >= 0.3 is 0 Å². The van der Waals surface area contributed by atoms with E-state index in [4.69, 9.17) is 0 Å². The molecule has 2 unspecified atom stereocenters. The molecule has 0 fully saturated rings. The number of hydrogen-bond donors (Lipinski definition) is 3. The molecule has 1 amide bonds. The van der Waals surface area contributed by atoms with Gasteiger partial charge in [0, 0.05) is 6.42 Å². The summed E-state index contributed by atoms with van der Waals surface area (Å²) in [6.07, 6.45) is 83.5. The molecule has 3 N–H and O–H groups in total. The van der Waals surface area contributed by atoms with Crippen LogP contribution < -0.4 is 5.32 Å². The molecular formula is C61H105NO3. The average molecular weight is 901 g/mol. The average Bonchev–Trinajstić information content (AvgIpc) is 3.31. The summed E-state index contributed by atoms with van der Waals surface area (Å²) in [7, 11) is 0. The highest BCUT2D eigenvalue weighted by molar-refractivity contribution is 5.76. The number of amides is 1. The third-order valence-electron chi connectivity index (χ3n) is 12.0. The van der Waals surface area contributed by atoms with E-state index in [0.717, 1.165) is 83.5 Å². The molecule has 65 heavy (non-hydrogen) atoms. The topological polar surface area (TPSA) is 69.6 Å². The normalized spacial score (nSPS) is 13.7. The van der Waals surface area contributed by atoms with Gasteiger partial charge in [-0.2, -0.15) is 0 Å². The molecule has 0 aliphatic carbocycles. The zero-order valence-electron chi connectivity index (χ0n) is 42.7. The highest BCUT2D eigenvalue weighted by Crippen LogP contribution is 2.16. The summed E-state index contributed by atoms with van der Waals surface area (Å²) < 4.78 is 0. The third kappa shape index (κ3) is 51.9. The van der Waals surface area contributed by atoms with Gasteiger partial charge in [0.25, 0.3) is 0 Å². The second-order valence-corrected chi connectivity index (χ2v) is 18.3. The Balaban J connectivity index is 3.65. The molecule has 372 valence electrons. The van der Waals surface area contributed by atoms with Crippen LogP contribution in [0.2, 0.25) is 0 Å². The van der Waals surface area contributed by atoms with Gasteiger partial charge in [-0.05, 0) is 77.0 Å². The fraction of sp³-hybridized carbons (Fsp3) is 0.689. The lowest BCUT2D eigenvalue weighted by Gasteiger charge is -2.22. The Morgan fingerprint density at radius 1 is 0.385 bits per heavy atom. The van der Waals surface area contributed by atoms with E-state index in [1.165, 1.54) is 141 Å². The highest BCUT2D eigenvalue weighted by atomic mass is 16.3. The van der Waals surface area contributed by atoms with Crippen LogP contribution >= 0.6 is 0 Å². The minimum Gasteiger partial charge on any atom is -0.394 e. The summed E-state index contributed by atoms with van der Waals surface area (Å²) in [4.78, 5) is 12.5. The van der Waals surface area contributed by atoms with Crippen molar-refractivity contribution in [2.75, 3.05) is 6.61 Å². The molecule has 4 heteroatoms. The van der Waals surface area contributed by atoms with Gasteiger partial charge in [-0.15, -0.1) is 0 Å². The van der Waals surface area contributed by atoms with E-state index in [2.05, 4.69) is 129 Å². The summed E-state index contributed by atoms with van der Waals surface area (Å²) >= 11 is 0. The van der Waals surface area contributed by atoms with Crippen molar-refractivity contribution in [3.05, 3.63) is 109 Å². The van der Waals surface area contributed by atoms with E-state index in [-0.39, 0.29) is 12.5 Å². The molecule has 2 atom stereocenters. The highest BCUT2D eigenvalue weighted by Gasteiger charge is 2.19. The number of aliphatic hydroxyl groups excluding tert-OH is 2. The molecule has 0 saturated heterocycles. The minimum absolute atomic E-state index is 0.0909. The number of aliphatic hydroxyl groups is 2. The van der Waals surface area contributed by atoms with E-state index in [1.54, 1.807) is 0 Å². The van der Waals surface area contributed by atoms with Gasteiger partial charge in [0.1, 0.15) is 0 Å². The summed E-state index contributed by atoms with van der Waals surface area (Å²) in [5, 5.41) is 23.3. The van der Waals surface area contributed by atoms with Crippen molar-refractivity contribution < 1.29 is 15.0 Å². The van der Waals surface area contributed by atoms with Gasteiger partial charge < -0.3 is 15.5 Å². The van der Waals surface area contributed by atoms with E-state index in [9.17, 15) is 15.0 Å². The van der Waals surface area contributed by atoms with Crippen LogP contribution in [0, 0.1) is 0 Å². The number of hydrogen-bond acceptors (Lipinski definition) is 3. The number of nitrogens with one attached hydrogen (secondary N) is 1. The molecular weight excluding hydrogens is 795 g/mol. The van der Waals surface area contributed by atoms with Crippen LogP contribution in [0.25, 0.3) is 0 Å². The van der Waals surface area contributed by atoms with Crippen LogP contribution in [0.1, 0.15) is 251 Å². The first-order valence-corrected chi connectivity index (χ1v) is 27.6. The fourth-order valence-corrected chi connectivity index (χ4v) is 7.89. The molecule has 0 aromatic rings. The number of carbonyl (C=O) groups is 1. The molecule has 4 nitrogen and oxygen atoms in total.